The Labute approximate surface area is 134 Å². The molecular formula is C15H21N5OS. The molecule has 2 aromatic heterocycles. The third-order valence-electron chi connectivity index (χ3n) is 3.89. The lowest BCUT2D eigenvalue weighted by atomic mass is 10.2. The smallest absolute Gasteiger partial charge is 0.224 e. The molecule has 0 saturated carbocycles. The molecule has 1 amide bonds. The highest BCUT2D eigenvalue weighted by Crippen LogP contribution is 2.12. The Hall–Kier alpha value is -1.73. The van der Waals surface area contributed by atoms with E-state index in [1.54, 1.807) is 22.2 Å². The second-order valence-electron chi connectivity index (χ2n) is 5.53. The van der Waals surface area contributed by atoms with Crippen LogP contribution in [0.25, 0.3) is 0 Å². The molecular weight excluding hydrogens is 298 g/mol. The van der Waals surface area contributed by atoms with Gasteiger partial charge in [-0.05, 0) is 13.0 Å². The molecule has 0 radical (unpaired) electrons. The van der Waals surface area contributed by atoms with E-state index >= 15 is 0 Å². The summed E-state index contributed by atoms with van der Waals surface area (Å²) in [7, 11) is 0. The average Bonchev–Trinajstić information content (AvgIpc) is 3.17. The van der Waals surface area contributed by atoms with E-state index in [0.29, 0.717) is 13.0 Å². The number of aromatic nitrogens is 3. The fourth-order valence-corrected chi connectivity index (χ4v) is 3.27. The Morgan fingerprint density at radius 3 is 2.77 bits per heavy atom. The van der Waals surface area contributed by atoms with Crippen molar-refractivity contribution in [2.24, 2.45) is 0 Å². The molecule has 22 heavy (non-hydrogen) atoms. The summed E-state index contributed by atoms with van der Waals surface area (Å²) in [6.45, 7) is 7.03. The largest absolute Gasteiger partial charge is 0.340 e. The highest BCUT2D eigenvalue weighted by atomic mass is 32.1. The van der Waals surface area contributed by atoms with E-state index in [1.165, 1.54) is 0 Å². The van der Waals surface area contributed by atoms with Crippen molar-refractivity contribution in [1.29, 1.82) is 0 Å². The maximum atomic E-state index is 12.2. The van der Waals surface area contributed by atoms with Crippen molar-refractivity contribution in [2.45, 2.75) is 26.4 Å². The molecule has 7 heteroatoms. The first kappa shape index (κ1) is 15.2. The maximum absolute atomic E-state index is 12.2. The fraction of sp³-hybridized carbons (Fsp3) is 0.533. The average molecular weight is 319 g/mol. The van der Waals surface area contributed by atoms with Crippen LogP contribution in [0.5, 0.6) is 0 Å². The van der Waals surface area contributed by atoms with Gasteiger partial charge in [-0.1, -0.05) is 0 Å². The first-order chi connectivity index (χ1) is 10.7. The van der Waals surface area contributed by atoms with Crippen LogP contribution in [0.1, 0.15) is 17.1 Å². The second kappa shape index (κ2) is 7.02. The topological polar surface area (TPSA) is 54.3 Å². The van der Waals surface area contributed by atoms with E-state index < -0.39 is 0 Å². The van der Waals surface area contributed by atoms with Crippen molar-refractivity contribution < 1.29 is 4.79 Å². The molecule has 118 valence electrons. The Morgan fingerprint density at radius 1 is 1.32 bits per heavy atom. The molecule has 2 aromatic rings. The van der Waals surface area contributed by atoms with Crippen LogP contribution in [0.15, 0.2) is 23.8 Å². The summed E-state index contributed by atoms with van der Waals surface area (Å²) in [5.74, 6) is 0.222. The zero-order valence-corrected chi connectivity index (χ0v) is 13.6. The van der Waals surface area contributed by atoms with Crippen LogP contribution in [-0.4, -0.2) is 56.7 Å². The molecule has 6 nitrogen and oxygen atoms in total. The SMILES string of the molecule is Cc1nc(CN2CCN(C(=O)CCn3cccn3)CC2)cs1. The molecule has 0 spiro atoms. The predicted molar refractivity (Wildman–Crippen MR) is 85.6 cm³/mol. The van der Waals surface area contributed by atoms with Gasteiger partial charge in [0.1, 0.15) is 0 Å². The van der Waals surface area contributed by atoms with Gasteiger partial charge in [0, 0.05) is 63.5 Å². The van der Waals surface area contributed by atoms with Crippen molar-refractivity contribution in [1.82, 2.24) is 24.6 Å². The number of nitrogens with zero attached hydrogens (tertiary/aromatic N) is 5. The minimum absolute atomic E-state index is 0.222. The third-order valence-corrected chi connectivity index (χ3v) is 4.71. The van der Waals surface area contributed by atoms with Crippen molar-refractivity contribution in [2.75, 3.05) is 26.2 Å². The summed E-state index contributed by atoms with van der Waals surface area (Å²) in [5.41, 5.74) is 1.14. The molecule has 1 fully saturated rings. The number of hydrogen-bond acceptors (Lipinski definition) is 5. The number of hydrogen-bond donors (Lipinski definition) is 0. The third kappa shape index (κ3) is 3.92. The molecule has 0 unspecified atom stereocenters. The summed E-state index contributed by atoms with van der Waals surface area (Å²) < 4.78 is 1.80. The summed E-state index contributed by atoms with van der Waals surface area (Å²) in [5, 5.41) is 7.36. The molecule has 3 rings (SSSR count). The quantitative estimate of drug-likeness (QED) is 0.835. The van der Waals surface area contributed by atoms with Gasteiger partial charge in [0.05, 0.1) is 10.7 Å². The van der Waals surface area contributed by atoms with E-state index in [2.05, 4.69) is 20.4 Å². The number of amides is 1. The molecule has 0 atom stereocenters. The Bertz CT molecular complexity index is 601. The van der Waals surface area contributed by atoms with Gasteiger partial charge in [0.2, 0.25) is 5.91 Å². The fourth-order valence-electron chi connectivity index (χ4n) is 2.67. The molecule has 3 heterocycles. The van der Waals surface area contributed by atoms with Gasteiger partial charge in [0.15, 0.2) is 0 Å². The monoisotopic (exact) mass is 319 g/mol. The molecule has 0 bridgehead atoms. The molecule has 0 aromatic carbocycles. The number of aryl methyl sites for hydroxylation is 2. The van der Waals surface area contributed by atoms with E-state index in [0.717, 1.165) is 43.4 Å². The predicted octanol–water partition coefficient (Wildman–Crippen LogP) is 1.38. The van der Waals surface area contributed by atoms with Crippen molar-refractivity contribution in [3.8, 4) is 0 Å². The van der Waals surface area contributed by atoms with Gasteiger partial charge in [-0.2, -0.15) is 5.10 Å². The van der Waals surface area contributed by atoms with Crippen LogP contribution in [0, 0.1) is 6.92 Å². The zero-order valence-electron chi connectivity index (χ0n) is 12.8. The number of piperazine rings is 1. The lowest BCUT2D eigenvalue weighted by Crippen LogP contribution is -2.48. The minimum atomic E-state index is 0.222. The number of carbonyl (C=O) groups is 1. The number of thiazole rings is 1. The standard InChI is InChI=1S/C15H21N5OS/c1-13-17-14(12-22-13)11-18-7-9-19(10-8-18)15(21)3-6-20-5-2-4-16-20/h2,4-5,12H,3,6-11H2,1H3. The second-order valence-corrected chi connectivity index (χ2v) is 6.60. The van der Waals surface area contributed by atoms with Crippen molar-refractivity contribution in [3.63, 3.8) is 0 Å². The van der Waals surface area contributed by atoms with E-state index in [-0.39, 0.29) is 5.91 Å². The van der Waals surface area contributed by atoms with Crippen LogP contribution in [0.2, 0.25) is 0 Å². The summed E-state index contributed by atoms with van der Waals surface area (Å²) in [6.07, 6.45) is 4.15. The van der Waals surface area contributed by atoms with E-state index in [1.807, 2.05) is 24.1 Å². The number of carbonyl (C=O) groups excluding carboxylic acids is 1. The van der Waals surface area contributed by atoms with E-state index in [9.17, 15) is 4.79 Å². The first-order valence-electron chi connectivity index (χ1n) is 7.59. The van der Waals surface area contributed by atoms with Crippen molar-refractivity contribution in [3.05, 3.63) is 34.5 Å². The maximum Gasteiger partial charge on any atom is 0.224 e. The highest BCUT2D eigenvalue weighted by Gasteiger charge is 2.21. The van der Waals surface area contributed by atoms with Crippen LogP contribution in [0.4, 0.5) is 0 Å². The zero-order chi connectivity index (χ0) is 15.4. The van der Waals surface area contributed by atoms with Gasteiger partial charge in [-0.15, -0.1) is 11.3 Å². The van der Waals surface area contributed by atoms with Crippen molar-refractivity contribution >= 4 is 17.2 Å². The van der Waals surface area contributed by atoms with Gasteiger partial charge in [0.25, 0.3) is 0 Å². The van der Waals surface area contributed by atoms with Crippen LogP contribution >= 0.6 is 11.3 Å². The Morgan fingerprint density at radius 2 is 2.14 bits per heavy atom. The van der Waals surface area contributed by atoms with Crippen LogP contribution in [0.3, 0.4) is 0 Å². The van der Waals surface area contributed by atoms with Gasteiger partial charge < -0.3 is 4.90 Å². The Balaban J connectivity index is 1.42. The highest BCUT2D eigenvalue weighted by molar-refractivity contribution is 7.09. The molecule has 0 aliphatic carbocycles. The molecule has 1 aliphatic rings. The lowest BCUT2D eigenvalue weighted by molar-refractivity contribution is -0.133. The van der Waals surface area contributed by atoms with Crippen LogP contribution < -0.4 is 0 Å². The first-order valence-corrected chi connectivity index (χ1v) is 8.47. The molecule has 1 saturated heterocycles. The van der Waals surface area contributed by atoms with Crippen LogP contribution in [-0.2, 0) is 17.9 Å². The molecule has 0 N–H and O–H groups in total. The van der Waals surface area contributed by atoms with E-state index in [4.69, 9.17) is 0 Å². The normalized spacial score (nSPS) is 16.1. The Kier molecular flexibility index (Phi) is 4.84. The van der Waals surface area contributed by atoms with Gasteiger partial charge in [-0.25, -0.2) is 4.98 Å². The lowest BCUT2D eigenvalue weighted by Gasteiger charge is -2.34. The summed E-state index contributed by atoms with van der Waals surface area (Å²) in [4.78, 5) is 21.1. The van der Waals surface area contributed by atoms with Gasteiger partial charge >= 0.3 is 0 Å². The van der Waals surface area contributed by atoms with Gasteiger partial charge in [-0.3, -0.25) is 14.4 Å². The molecule has 1 aliphatic heterocycles. The summed E-state index contributed by atoms with van der Waals surface area (Å²) in [6, 6.07) is 1.88. The minimum Gasteiger partial charge on any atom is -0.340 e. The number of rotatable bonds is 5. The summed E-state index contributed by atoms with van der Waals surface area (Å²) >= 11 is 1.69.